The molecule has 472 valence electrons. The van der Waals surface area contributed by atoms with Crippen molar-refractivity contribution in [2.75, 3.05) is 6.61 Å². The normalized spacial score (nSPS) is 12.9. The number of aliphatic hydroxyl groups is 2. The van der Waals surface area contributed by atoms with Gasteiger partial charge in [-0.1, -0.05) is 396 Å². The Morgan fingerprint density at radius 2 is 0.512 bits per heavy atom. The molecule has 0 aliphatic heterocycles. The van der Waals surface area contributed by atoms with Gasteiger partial charge in [0, 0.05) is 6.42 Å². The second-order valence-corrected chi connectivity index (χ2v) is 25.4. The van der Waals surface area contributed by atoms with E-state index in [1.807, 2.05) is 6.08 Å². The van der Waals surface area contributed by atoms with Gasteiger partial charge in [0.15, 0.2) is 0 Å². The Labute approximate surface area is 503 Å². The molecule has 0 fully saturated rings. The van der Waals surface area contributed by atoms with Gasteiger partial charge in [0.1, 0.15) is 0 Å². The molecule has 0 spiro atoms. The lowest BCUT2D eigenvalue weighted by atomic mass is 10.0. The molecule has 1 amide bonds. The second-order valence-electron chi connectivity index (χ2n) is 25.4. The number of hydrogen-bond acceptors (Lipinski definition) is 3. The van der Waals surface area contributed by atoms with Gasteiger partial charge in [-0.05, 0) is 57.8 Å². The molecule has 0 aromatic carbocycles. The monoisotopic (exact) mass is 1120 g/mol. The van der Waals surface area contributed by atoms with E-state index in [0.29, 0.717) is 6.42 Å². The number of carbonyl (C=O) groups is 1. The van der Waals surface area contributed by atoms with Crippen molar-refractivity contribution in [2.45, 2.75) is 424 Å². The van der Waals surface area contributed by atoms with Crippen molar-refractivity contribution in [3.8, 4) is 0 Å². The summed E-state index contributed by atoms with van der Waals surface area (Å²) in [7, 11) is 0. The Morgan fingerprint density at radius 1 is 0.300 bits per heavy atom. The number of allylic oxidation sites excluding steroid dienone is 7. The van der Waals surface area contributed by atoms with Crippen molar-refractivity contribution >= 4 is 5.91 Å². The molecular weight excluding hydrogens is 975 g/mol. The second kappa shape index (κ2) is 71.6. The summed E-state index contributed by atoms with van der Waals surface area (Å²) in [4.78, 5) is 12.6. The van der Waals surface area contributed by atoms with E-state index in [1.54, 1.807) is 6.08 Å². The van der Waals surface area contributed by atoms with E-state index in [9.17, 15) is 15.0 Å². The highest BCUT2D eigenvalue weighted by molar-refractivity contribution is 5.76. The predicted octanol–water partition coefficient (Wildman–Crippen LogP) is 25.3. The summed E-state index contributed by atoms with van der Waals surface area (Å²) in [5.74, 6) is -0.0550. The van der Waals surface area contributed by atoms with Gasteiger partial charge in [-0.3, -0.25) is 4.79 Å². The maximum Gasteiger partial charge on any atom is 0.220 e. The first-order valence-corrected chi connectivity index (χ1v) is 36.9. The zero-order chi connectivity index (χ0) is 57.6. The van der Waals surface area contributed by atoms with Crippen molar-refractivity contribution < 1.29 is 15.0 Å². The fraction of sp³-hybridized carbons (Fsp3) is 0.882. The van der Waals surface area contributed by atoms with Crippen molar-refractivity contribution in [3.05, 3.63) is 48.6 Å². The SMILES string of the molecule is CCCCCCC/C=C\C/C=C\C/C=C\CCCCCCCCCCCCCCCCCCCCCCCCCCCCC(=O)NC(CO)C(O)/C=C/CCCCCCCCCCCCCCCCCCCCCCCCCCC. The first-order chi connectivity index (χ1) is 39.7. The van der Waals surface area contributed by atoms with Crippen LogP contribution in [0.25, 0.3) is 0 Å². The minimum atomic E-state index is -0.840. The molecule has 0 aromatic heterocycles. The third-order valence-electron chi connectivity index (χ3n) is 17.3. The van der Waals surface area contributed by atoms with Gasteiger partial charge in [-0.2, -0.15) is 0 Å². The summed E-state index contributed by atoms with van der Waals surface area (Å²) >= 11 is 0. The lowest BCUT2D eigenvalue weighted by molar-refractivity contribution is -0.123. The van der Waals surface area contributed by atoms with Gasteiger partial charge in [-0.15, -0.1) is 0 Å². The lowest BCUT2D eigenvalue weighted by Crippen LogP contribution is -2.45. The minimum absolute atomic E-state index is 0.0550. The van der Waals surface area contributed by atoms with E-state index in [2.05, 4.69) is 55.6 Å². The molecule has 0 aromatic rings. The Hall–Kier alpha value is -1.65. The van der Waals surface area contributed by atoms with Crippen LogP contribution >= 0.6 is 0 Å². The molecule has 0 bridgehead atoms. The van der Waals surface area contributed by atoms with Crippen LogP contribution in [0, 0.1) is 0 Å². The van der Waals surface area contributed by atoms with Crippen LogP contribution in [0.3, 0.4) is 0 Å². The molecule has 0 saturated carbocycles. The Bertz CT molecular complexity index is 1270. The van der Waals surface area contributed by atoms with Gasteiger partial charge in [0.2, 0.25) is 5.91 Å². The highest BCUT2D eigenvalue weighted by atomic mass is 16.3. The number of rotatable bonds is 69. The lowest BCUT2D eigenvalue weighted by Gasteiger charge is -2.20. The van der Waals surface area contributed by atoms with Crippen LogP contribution in [-0.4, -0.2) is 34.9 Å². The molecule has 0 saturated heterocycles. The molecule has 0 rings (SSSR count). The highest BCUT2D eigenvalue weighted by Gasteiger charge is 2.18. The zero-order valence-corrected chi connectivity index (χ0v) is 54.6. The number of hydrogen-bond donors (Lipinski definition) is 3. The minimum Gasteiger partial charge on any atom is -0.394 e. The molecule has 0 aliphatic carbocycles. The van der Waals surface area contributed by atoms with Crippen molar-refractivity contribution in [1.82, 2.24) is 5.32 Å². The third kappa shape index (κ3) is 67.1. The summed E-state index contributed by atoms with van der Waals surface area (Å²) < 4.78 is 0. The van der Waals surface area contributed by atoms with Crippen LogP contribution in [0.4, 0.5) is 0 Å². The Balaban J connectivity index is 3.40. The molecule has 2 unspecified atom stereocenters. The van der Waals surface area contributed by atoms with Gasteiger partial charge < -0.3 is 15.5 Å². The average molecular weight is 1120 g/mol. The first-order valence-electron chi connectivity index (χ1n) is 36.9. The summed E-state index contributed by atoms with van der Waals surface area (Å²) in [6.45, 7) is 4.34. The van der Waals surface area contributed by atoms with E-state index < -0.39 is 12.1 Å². The standard InChI is InChI=1S/C76H145NO3/c1-3-5-7-9-11-13-15-17-19-21-23-25-27-29-31-32-33-34-35-36-37-38-39-40-41-42-43-44-46-48-50-52-54-56-58-60-62-64-66-68-70-72-76(80)77-74(73-78)75(79)71-69-67-65-63-61-59-57-55-53-51-49-47-45-30-28-26-24-22-20-18-16-14-12-10-8-6-4-2/h15,17,21,23,27,29,69,71,74-75,78-79H,3-14,16,18-20,22,24-26,28,30-68,70,72-73H2,1-2H3,(H,77,80)/b17-15-,23-21-,29-27-,71-69+. The van der Waals surface area contributed by atoms with E-state index in [0.717, 1.165) is 38.5 Å². The molecule has 80 heavy (non-hydrogen) atoms. The fourth-order valence-electron chi connectivity index (χ4n) is 11.7. The molecule has 4 nitrogen and oxygen atoms in total. The molecule has 0 aliphatic rings. The highest BCUT2D eigenvalue weighted by Crippen LogP contribution is 2.19. The number of aliphatic hydroxyl groups excluding tert-OH is 2. The van der Waals surface area contributed by atoms with Crippen LogP contribution in [0.1, 0.15) is 412 Å². The Kier molecular flexibility index (Phi) is 70.1. The van der Waals surface area contributed by atoms with E-state index >= 15 is 0 Å². The van der Waals surface area contributed by atoms with Crippen molar-refractivity contribution in [1.29, 1.82) is 0 Å². The van der Waals surface area contributed by atoms with E-state index in [-0.39, 0.29) is 12.5 Å². The Morgan fingerprint density at radius 3 is 0.762 bits per heavy atom. The van der Waals surface area contributed by atoms with E-state index in [4.69, 9.17) is 0 Å². The van der Waals surface area contributed by atoms with Crippen molar-refractivity contribution in [3.63, 3.8) is 0 Å². The van der Waals surface area contributed by atoms with Gasteiger partial charge in [0.05, 0.1) is 18.8 Å². The predicted molar refractivity (Wildman–Crippen MR) is 359 cm³/mol. The quantitative estimate of drug-likeness (QED) is 0.0420. The largest absolute Gasteiger partial charge is 0.394 e. The first kappa shape index (κ1) is 78.4. The smallest absolute Gasteiger partial charge is 0.220 e. The topological polar surface area (TPSA) is 69.6 Å². The molecule has 2 atom stereocenters. The van der Waals surface area contributed by atoms with Crippen molar-refractivity contribution in [2.24, 2.45) is 0 Å². The molecular formula is C76H145NO3. The van der Waals surface area contributed by atoms with E-state index in [1.165, 1.54) is 353 Å². The van der Waals surface area contributed by atoms with Crippen LogP contribution in [0.5, 0.6) is 0 Å². The fourth-order valence-corrected chi connectivity index (χ4v) is 11.7. The maximum absolute atomic E-state index is 12.6. The number of amides is 1. The summed E-state index contributed by atoms with van der Waals surface area (Å²) in [5.41, 5.74) is 0. The maximum atomic E-state index is 12.6. The summed E-state index contributed by atoms with van der Waals surface area (Å²) in [6.07, 6.45) is 101. The molecule has 4 heteroatoms. The number of unbranched alkanes of at least 4 members (excludes halogenated alkanes) is 56. The van der Waals surface area contributed by atoms with Gasteiger partial charge >= 0.3 is 0 Å². The number of nitrogens with one attached hydrogen (secondary N) is 1. The number of carbonyl (C=O) groups excluding carboxylic acids is 1. The van der Waals surface area contributed by atoms with Gasteiger partial charge in [-0.25, -0.2) is 0 Å². The van der Waals surface area contributed by atoms with Crippen LogP contribution in [0.15, 0.2) is 48.6 Å². The van der Waals surface area contributed by atoms with Crippen LogP contribution < -0.4 is 5.32 Å². The molecule has 0 heterocycles. The average Bonchev–Trinajstić information content (AvgIpc) is 3.46. The molecule has 0 radical (unpaired) electrons. The van der Waals surface area contributed by atoms with Crippen LogP contribution in [0.2, 0.25) is 0 Å². The third-order valence-corrected chi connectivity index (χ3v) is 17.3. The van der Waals surface area contributed by atoms with Crippen LogP contribution in [-0.2, 0) is 4.79 Å². The van der Waals surface area contributed by atoms with Gasteiger partial charge in [0.25, 0.3) is 0 Å². The summed E-state index contributed by atoms with van der Waals surface area (Å²) in [6, 6.07) is -0.622. The summed E-state index contributed by atoms with van der Waals surface area (Å²) in [5, 5.41) is 23.3. The molecule has 3 N–H and O–H groups in total. The zero-order valence-electron chi connectivity index (χ0n) is 54.6.